The molecule has 0 amide bonds. The van der Waals surface area contributed by atoms with Crippen LogP contribution in [0.5, 0.6) is 0 Å². The van der Waals surface area contributed by atoms with Crippen LogP contribution in [0.25, 0.3) is 0 Å². The van der Waals surface area contributed by atoms with E-state index in [9.17, 15) is 8.78 Å². The van der Waals surface area contributed by atoms with E-state index in [1.807, 2.05) is 6.92 Å². The first-order valence-electron chi connectivity index (χ1n) is 6.38. The zero-order chi connectivity index (χ0) is 14.5. The first kappa shape index (κ1) is 14.9. The van der Waals surface area contributed by atoms with Gasteiger partial charge in [-0.2, -0.15) is 0 Å². The van der Waals surface area contributed by atoms with E-state index < -0.39 is 5.82 Å². The highest BCUT2D eigenvalue weighted by Gasteiger charge is 2.14. The molecule has 0 saturated carbocycles. The molecular weight excluding hydrogens is 282 g/mol. The van der Waals surface area contributed by atoms with Crippen molar-refractivity contribution in [1.29, 1.82) is 0 Å². The fourth-order valence-corrected chi connectivity index (χ4v) is 2.29. The minimum atomic E-state index is -0.393. The van der Waals surface area contributed by atoms with Crippen LogP contribution in [-0.4, -0.2) is 11.5 Å². The summed E-state index contributed by atoms with van der Waals surface area (Å²) >= 11 is 6.08. The highest BCUT2D eigenvalue weighted by atomic mass is 35.5. The van der Waals surface area contributed by atoms with Gasteiger partial charge in [0.05, 0.1) is 6.20 Å². The molecule has 0 aliphatic carbocycles. The van der Waals surface area contributed by atoms with Crippen molar-refractivity contribution in [2.24, 2.45) is 0 Å². The monoisotopic (exact) mass is 296 g/mol. The van der Waals surface area contributed by atoms with Crippen molar-refractivity contribution in [2.75, 3.05) is 6.54 Å². The molecule has 1 heterocycles. The summed E-state index contributed by atoms with van der Waals surface area (Å²) in [5.74, 6) is -0.729. The van der Waals surface area contributed by atoms with Gasteiger partial charge in [-0.15, -0.1) is 0 Å². The molecule has 1 atom stereocenters. The van der Waals surface area contributed by atoms with E-state index >= 15 is 0 Å². The van der Waals surface area contributed by atoms with Crippen molar-refractivity contribution in [3.05, 3.63) is 64.4 Å². The maximum Gasteiger partial charge on any atom is 0.141 e. The Morgan fingerprint density at radius 3 is 2.70 bits per heavy atom. The predicted octanol–water partition coefficient (Wildman–Crippen LogP) is 3.91. The third-order valence-corrected chi connectivity index (χ3v) is 3.38. The maximum absolute atomic E-state index is 13.3. The van der Waals surface area contributed by atoms with E-state index in [-0.39, 0.29) is 11.9 Å². The van der Waals surface area contributed by atoms with Gasteiger partial charge in [-0.05, 0) is 48.4 Å². The lowest BCUT2D eigenvalue weighted by Crippen LogP contribution is -2.23. The van der Waals surface area contributed by atoms with Crippen molar-refractivity contribution < 1.29 is 8.78 Å². The smallest absolute Gasteiger partial charge is 0.141 e. The molecule has 1 aromatic carbocycles. The summed E-state index contributed by atoms with van der Waals surface area (Å²) in [5, 5.41) is 3.73. The summed E-state index contributed by atoms with van der Waals surface area (Å²) in [7, 11) is 0. The Labute approximate surface area is 121 Å². The molecule has 2 nitrogen and oxygen atoms in total. The minimum Gasteiger partial charge on any atom is -0.310 e. The molecule has 1 N–H and O–H groups in total. The summed E-state index contributed by atoms with van der Waals surface area (Å²) < 4.78 is 26.6. The van der Waals surface area contributed by atoms with Crippen LogP contribution in [0, 0.1) is 11.6 Å². The molecule has 0 aliphatic rings. The second-order valence-corrected chi connectivity index (χ2v) is 4.89. The number of rotatable bonds is 5. The number of hydrogen-bond acceptors (Lipinski definition) is 2. The number of benzene rings is 1. The number of likely N-dealkylation sites (N-methyl/N-ethyl adjacent to an activating group) is 1. The molecule has 0 saturated heterocycles. The third-order valence-electron chi connectivity index (χ3n) is 3.01. The lowest BCUT2D eigenvalue weighted by atomic mass is 10.00. The zero-order valence-electron chi connectivity index (χ0n) is 11.0. The molecule has 0 fully saturated rings. The summed E-state index contributed by atoms with van der Waals surface area (Å²) in [4.78, 5) is 3.85. The second-order valence-electron chi connectivity index (χ2n) is 4.49. The van der Waals surface area contributed by atoms with E-state index in [1.54, 1.807) is 6.20 Å². The van der Waals surface area contributed by atoms with Gasteiger partial charge < -0.3 is 5.32 Å². The molecule has 106 valence electrons. The first-order chi connectivity index (χ1) is 9.60. The van der Waals surface area contributed by atoms with E-state index in [1.165, 1.54) is 24.3 Å². The van der Waals surface area contributed by atoms with Gasteiger partial charge in [0.1, 0.15) is 11.6 Å². The Morgan fingerprint density at radius 2 is 2.00 bits per heavy atom. The molecule has 0 spiro atoms. The van der Waals surface area contributed by atoms with Crippen LogP contribution in [0.15, 0.2) is 36.7 Å². The molecule has 20 heavy (non-hydrogen) atoms. The van der Waals surface area contributed by atoms with E-state index in [0.717, 1.165) is 6.20 Å². The van der Waals surface area contributed by atoms with Gasteiger partial charge in [0.2, 0.25) is 0 Å². The van der Waals surface area contributed by atoms with Crippen molar-refractivity contribution in [3.8, 4) is 0 Å². The second kappa shape index (κ2) is 6.77. The predicted molar refractivity (Wildman–Crippen MR) is 75.7 cm³/mol. The Hall–Kier alpha value is -1.52. The van der Waals surface area contributed by atoms with Crippen LogP contribution < -0.4 is 5.32 Å². The molecular formula is C15H15ClF2N2. The van der Waals surface area contributed by atoms with Crippen LogP contribution in [0.4, 0.5) is 8.78 Å². The molecule has 2 rings (SSSR count). The fraction of sp³-hybridized carbons (Fsp3) is 0.267. The summed E-state index contributed by atoms with van der Waals surface area (Å²) in [5.41, 5.74) is 1.40. The SMILES string of the molecule is CCNC(Cc1cc(F)ccc1Cl)c1cncc(F)c1. The van der Waals surface area contributed by atoms with Crippen LogP contribution in [0.2, 0.25) is 5.02 Å². The van der Waals surface area contributed by atoms with Gasteiger partial charge >= 0.3 is 0 Å². The number of nitrogens with zero attached hydrogens (tertiary/aromatic N) is 1. The Morgan fingerprint density at radius 1 is 1.20 bits per heavy atom. The van der Waals surface area contributed by atoms with Gasteiger partial charge in [0.15, 0.2) is 0 Å². The van der Waals surface area contributed by atoms with Gasteiger partial charge in [-0.1, -0.05) is 18.5 Å². The highest BCUT2D eigenvalue weighted by molar-refractivity contribution is 6.31. The largest absolute Gasteiger partial charge is 0.310 e. The standard InChI is InChI=1S/C15H15ClF2N2/c1-2-20-15(11-6-13(18)9-19-8-11)7-10-5-12(17)3-4-14(10)16/h3-6,8-9,15,20H,2,7H2,1H3. The average molecular weight is 297 g/mol. The average Bonchev–Trinajstić information content (AvgIpc) is 2.42. The van der Waals surface area contributed by atoms with E-state index in [2.05, 4.69) is 10.3 Å². The topological polar surface area (TPSA) is 24.9 Å². The minimum absolute atomic E-state index is 0.164. The van der Waals surface area contributed by atoms with Gasteiger partial charge in [-0.3, -0.25) is 4.98 Å². The zero-order valence-corrected chi connectivity index (χ0v) is 11.8. The lowest BCUT2D eigenvalue weighted by molar-refractivity contribution is 0.537. The van der Waals surface area contributed by atoms with Gasteiger partial charge in [0.25, 0.3) is 0 Å². The number of halogens is 3. The van der Waals surface area contributed by atoms with Crippen LogP contribution in [0.3, 0.4) is 0 Å². The van der Waals surface area contributed by atoms with E-state index in [4.69, 9.17) is 11.6 Å². The van der Waals surface area contributed by atoms with Gasteiger partial charge in [-0.25, -0.2) is 8.78 Å². The molecule has 2 aromatic rings. The number of aromatic nitrogens is 1. The van der Waals surface area contributed by atoms with E-state index in [0.29, 0.717) is 29.1 Å². The van der Waals surface area contributed by atoms with Crippen molar-refractivity contribution >= 4 is 11.6 Å². The number of pyridine rings is 1. The number of nitrogens with one attached hydrogen (secondary N) is 1. The lowest BCUT2D eigenvalue weighted by Gasteiger charge is -2.19. The van der Waals surface area contributed by atoms with Gasteiger partial charge in [0, 0.05) is 17.3 Å². The van der Waals surface area contributed by atoms with Crippen molar-refractivity contribution in [2.45, 2.75) is 19.4 Å². The van der Waals surface area contributed by atoms with Crippen LogP contribution in [0.1, 0.15) is 24.1 Å². The third kappa shape index (κ3) is 3.74. The maximum atomic E-state index is 13.3. The molecule has 1 aromatic heterocycles. The Kier molecular flexibility index (Phi) is 5.04. The summed E-state index contributed by atoms with van der Waals surface area (Å²) in [6.07, 6.45) is 3.22. The Balaban J connectivity index is 2.27. The molecule has 0 aliphatic heterocycles. The number of hydrogen-bond donors (Lipinski definition) is 1. The fourth-order valence-electron chi connectivity index (χ4n) is 2.09. The normalized spacial score (nSPS) is 12.4. The molecule has 1 unspecified atom stereocenters. The first-order valence-corrected chi connectivity index (χ1v) is 6.75. The molecule has 0 radical (unpaired) electrons. The van der Waals surface area contributed by atoms with Crippen molar-refractivity contribution in [3.63, 3.8) is 0 Å². The Bertz CT molecular complexity index is 590. The molecule has 0 bridgehead atoms. The van der Waals surface area contributed by atoms with Crippen LogP contribution in [-0.2, 0) is 6.42 Å². The highest BCUT2D eigenvalue weighted by Crippen LogP contribution is 2.24. The summed E-state index contributed by atoms with van der Waals surface area (Å²) in [6, 6.07) is 5.51. The quantitative estimate of drug-likeness (QED) is 0.905. The van der Waals surface area contributed by atoms with Crippen molar-refractivity contribution in [1.82, 2.24) is 10.3 Å². The summed E-state index contributed by atoms with van der Waals surface area (Å²) in [6.45, 7) is 2.65. The van der Waals surface area contributed by atoms with Crippen LogP contribution >= 0.6 is 11.6 Å². The molecule has 5 heteroatoms.